The molecule has 2 heterocycles. The van der Waals surface area contributed by atoms with Gasteiger partial charge in [0, 0.05) is 45.1 Å². The third kappa shape index (κ3) is 9.82. The number of fused-ring (bicyclic) bond motifs is 2. The second-order valence-corrected chi connectivity index (χ2v) is 17.5. The molecule has 8 rings (SSSR count). The highest BCUT2D eigenvalue weighted by molar-refractivity contribution is 6.00. The first kappa shape index (κ1) is 43.5. The highest BCUT2D eigenvalue weighted by atomic mass is 16.5. The maximum atomic E-state index is 13.1. The van der Waals surface area contributed by atoms with Crippen LogP contribution in [0.1, 0.15) is 106 Å². The van der Waals surface area contributed by atoms with Gasteiger partial charge in [-0.3, -0.25) is 14.5 Å². The number of likely N-dealkylation sites (tertiary alicyclic amines) is 1. The van der Waals surface area contributed by atoms with E-state index in [2.05, 4.69) is 84.5 Å². The number of carbonyl (C=O) groups is 4. The van der Waals surface area contributed by atoms with Crippen molar-refractivity contribution in [1.82, 2.24) is 20.0 Å². The highest BCUT2D eigenvalue weighted by Gasteiger charge is 2.46. The number of aryl methyl sites for hydroxylation is 1. The molecular formula is C51H60N4O6. The molecule has 61 heavy (non-hydrogen) atoms. The lowest BCUT2D eigenvalue weighted by Crippen LogP contribution is -2.50. The number of carbonyl (C=O) groups excluding carboxylic acids is 4. The predicted molar refractivity (Wildman–Crippen MR) is 239 cm³/mol. The van der Waals surface area contributed by atoms with Gasteiger partial charge < -0.3 is 34.5 Å². The van der Waals surface area contributed by atoms with Crippen LogP contribution in [-0.2, 0) is 33.9 Å². The molecule has 4 aromatic carbocycles. The molecule has 2 amide bonds. The number of amides is 2. The van der Waals surface area contributed by atoms with E-state index in [-0.39, 0.29) is 30.6 Å². The monoisotopic (exact) mass is 824 g/mol. The van der Waals surface area contributed by atoms with Gasteiger partial charge in [0.25, 0.3) is 5.91 Å². The summed E-state index contributed by atoms with van der Waals surface area (Å²) < 4.78 is 6.40. The highest BCUT2D eigenvalue weighted by Crippen LogP contribution is 2.51. The molecule has 0 radical (unpaired) electrons. The Morgan fingerprint density at radius 3 is 2.30 bits per heavy atom. The zero-order valence-corrected chi connectivity index (χ0v) is 35.9. The smallest absolute Gasteiger partial charge is 0.254 e. The van der Waals surface area contributed by atoms with Crippen LogP contribution in [0.25, 0.3) is 6.08 Å². The zero-order valence-electron chi connectivity index (χ0n) is 35.9. The van der Waals surface area contributed by atoms with E-state index in [4.69, 9.17) is 4.74 Å². The first-order valence-electron chi connectivity index (χ1n) is 21.7. The summed E-state index contributed by atoms with van der Waals surface area (Å²) in [5, 5.41) is 12.6. The normalized spacial score (nSPS) is 19.9. The van der Waals surface area contributed by atoms with Gasteiger partial charge >= 0.3 is 0 Å². The number of piperidine rings is 1. The second kappa shape index (κ2) is 19.4. The summed E-state index contributed by atoms with van der Waals surface area (Å²) in [6.07, 6.45) is 11.2. The Balaban J connectivity index is 0.000000190. The molecule has 10 nitrogen and oxygen atoms in total. The van der Waals surface area contributed by atoms with Gasteiger partial charge in [-0.2, -0.15) is 0 Å². The standard InChI is InChI=1S/C31H35NO2.C20H25N3O4/c1-32-17-15-31(16-18-32)20-27(21-31)34-26-11-7-23(8-12-26)30-28(22-5-3-2-4-6-22)13-9-24-19-25(33)10-14-29(24)30;1-4-14-10-15-12-23(7-9-25)13-16(15)11-17(14)20(27)22(3)18(6-5-8-24)19(26)21-2/h2-8,10-12,14,19,27-28,30,33H,9,13,15-18,20-21H2,1H3;4,8-11,18H,1,5-7,12-13H2,2-3H3,(H,21,26). The molecule has 3 unspecified atom stereocenters. The number of hydrogen-bond donors (Lipinski definition) is 2. The molecule has 1 spiro atoms. The molecule has 1 saturated carbocycles. The minimum atomic E-state index is -0.731. The number of nitrogens with one attached hydrogen (secondary N) is 1. The number of ether oxygens (including phenoxy) is 1. The Hall–Kier alpha value is -5.58. The van der Waals surface area contributed by atoms with Crippen molar-refractivity contribution in [3.05, 3.63) is 136 Å². The van der Waals surface area contributed by atoms with Crippen molar-refractivity contribution in [3.8, 4) is 11.5 Å². The number of aromatic hydroxyl groups is 1. The number of nitrogens with zero attached hydrogens (tertiary/aromatic N) is 3. The summed E-state index contributed by atoms with van der Waals surface area (Å²) in [6.45, 7) is 7.84. The maximum Gasteiger partial charge on any atom is 0.254 e. The summed E-state index contributed by atoms with van der Waals surface area (Å²) in [5.74, 6) is 1.46. The first-order chi connectivity index (χ1) is 29.5. The average Bonchev–Trinajstić information content (AvgIpc) is 3.67. The Kier molecular flexibility index (Phi) is 13.9. The van der Waals surface area contributed by atoms with Gasteiger partial charge in [0.15, 0.2) is 0 Å². The SMILES string of the molecule is C=Cc1cc2c(cc1C(=O)N(C)C(CCC=O)C(=O)NC)CN(CC=O)C2.CN1CCC2(CC1)CC(Oc1ccc(C3c4ccc(O)cc4CCC3c3ccccc3)cc1)C2. The number of aldehydes is 2. The number of rotatable bonds is 13. The molecule has 2 aliphatic heterocycles. The van der Waals surface area contributed by atoms with Gasteiger partial charge in [0.1, 0.15) is 30.1 Å². The summed E-state index contributed by atoms with van der Waals surface area (Å²) >= 11 is 0. The van der Waals surface area contributed by atoms with E-state index in [1.54, 1.807) is 13.1 Å². The minimum Gasteiger partial charge on any atom is -0.508 e. The van der Waals surface area contributed by atoms with Gasteiger partial charge in [0.05, 0.1) is 12.6 Å². The fraction of sp³-hybridized carbons (Fsp3) is 0.412. The van der Waals surface area contributed by atoms with E-state index >= 15 is 0 Å². The van der Waals surface area contributed by atoms with Crippen LogP contribution in [0.2, 0.25) is 0 Å². The van der Waals surface area contributed by atoms with Crippen LogP contribution in [0.15, 0.2) is 91.5 Å². The summed E-state index contributed by atoms with van der Waals surface area (Å²) in [5.41, 5.74) is 9.07. The fourth-order valence-electron chi connectivity index (χ4n) is 10.1. The largest absolute Gasteiger partial charge is 0.508 e. The van der Waals surface area contributed by atoms with E-state index in [9.17, 15) is 24.3 Å². The van der Waals surface area contributed by atoms with Crippen molar-refractivity contribution in [2.24, 2.45) is 5.41 Å². The molecule has 10 heteroatoms. The third-order valence-electron chi connectivity index (χ3n) is 13.6. The quantitative estimate of drug-likeness (QED) is 0.133. The van der Waals surface area contributed by atoms with E-state index in [0.717, 1.165) is 42.3 Å². The molecule has 320 valence electrons. The first-order valence-corrected chi connectivity index (χ1v) is 21.7. The Labute approximate surface area is 360 Å². The number of phenols is 1. The van der Waals surface area contributed by atoms with Crippen LogP contribution in [0.4, 0.5) is 0 Å². The second-order valence-electron chi connectivity index (χ2n) is 17.5. The van der Waals surface area contributed by atoms with Crippen LogP contribution in [-0.4, -0.2) is 97.1 Å². The summed E-state index contributed by atoms with van der Waals surface area (Å²) in [6, 6.07) is 28.7. The number of phenolic OH excluding ortho intramolecular Hbond substituents is 1. The van der Waals surface area contributed by atoms with Crippen LogP contribution in [0.3, 0.4) is 0 Å². The third-order valence-corrected chi connectivity index (χ3v) is 13.6. The molecule has 0 aromatic heterocycles. The van der Waals surface area contributed by atoms with E-state index in [0.29, 0.717) is 53.9 Å². The Bertz CT molecular complexity index is 2190. The molecule has 4 aromatic rings. The molecule has 1 saturated heterocycles. The van der Waals surface area contributed by atoms with Crippen molar-refractivity contribution in [3.63, 3.8) is 0 Å². The van der Waals surface area contributed by atoms with Crippen LogP contribution >= 0.6 is 0 Å². The lowest BCUT2D eigenvalue weighted by Gasteiger charge is -2.51. The van der Waals surface area contributed by atoms with Gasteiger partial charge in [-0.15, -0.1) is 0 Å². The van der Waals surface area contributed by atoms with Crippen LogP contribution < -0.4 is 10.1 Å². The Morgan fingerprint density at radius 2 is 1.64 bits per heavy atom. The minimum absolute atomic E-state index is 0.189. The fourth-order valence-corrected chi connectivity index (χ4v) is 10.1. The van der Waals surface area contributed by atoms with Crippen molar-refractivity contribution in [1.29, 1.82) is 0 Å². The van der Waals surface area contributed by atoms with Gasteiger partial charge in [-0.25, -0.2) is 0 Å². The molecule has 2 aliphatic carbocycles. The van der Waals surface area contributed by atoms with E-state index < -0.39 is 6.04 Å². The van der Waals surface area contributed by atoms with Crippen molar-refractivity contribution >= 4 is 30.5 Å². The molecule has 4 aliphatic rings. The lowest BCUT2D eigenvalue weighted by atomic mass is 9.61. The van der Waals surface area contributed by atoms with Gasteiger partial charge in [0.2, 0.25) is 5.91 Å². The van der Waals surface area contributed by atoms with E-state index in [1.807, 2.05) is 29.2 Å². The number of likely N-dealkylation sites (N-methyl/N-ethyl adjacent to an activating group) is 2. The van der Waals surface area contributed by atoms with E-state index in [1.165, 1.54) is 73.0 Å². The summed E-state index contributed by atoms with van der Waals surface area (Å²) in [4.78, 5) is 52.6. The van der Waals surface area contributed by atoms with Crippen LogP contribution in [0.5, 0.6) is 11.5 Å². The predicted octanol–water partition coefficient (Wildman–Crippen LogP) is 7.52. The van der Waals surface area contributed by atoms with Crippen molar-refractivity contribution < 1.29 is 29.0 Å². The number of hydrogen-bond acceptors (Lipinski definition) is 8. The number of benzene rings is 4. The zero-order chi connectivity index (χ0) is 43.1. The van der Waals surface area contributed by atoms with Crippen molar-refractivity contribution in [2.45, 2.75) is 88.4 Å². The molecule has 2 N–H and O–H groups in total. The molecule has 2 fully saturated rings. The van der Waals surface area contributed by atoms with Crippen molar-refractivity contribution in [2.75, 3.05) is 40.8 Å². The Morgan fingerprint density at radius 1 is 0.934 bits per heavy atom. The van der Waals surface area contributed by atoms with Crippen LogP contribution in [0, 0.1) is 5.41 Å². The summed E-state index contributed by atoms with van der Waals surface area (Å²) in [7, 11) is 5.30. The lowest BCUT2D eigenvalue weighted by molar-refractivity contribution is -0.125. The van der Waals surface area contributed by atoms with Gasteiger partial charge in [-0.05, 0) is 152 Å². The maximum absolute atomic E-state index is 13.1. The molecular weight excluding hydrogens is 765 g/mol. The van der Waals surface area contributed by atoms with Gasteiger partial charge in [-0.1, -0.05) is 61.2 Å². The topological polar surface area (TPSA) is 119 Å². The molecule has 0 bridgehead atoms. The molecule has 3 atom stereocenters. The average molecular weight is 825 g/mol.